The van der Waals surface area contributed by atoms with Crippen molar-refractivity contribution in [2.24, 2.45) is 10.9 Å². The van der Waals surface area contributed by atoms with Gasteiger partial charge in [0, 0.05) is 25.9 Å². The van der Waals surface area contributed by atoms with E-state index in [9.17, 15) is 0 Å². The number of ether oxygens (including phenoxy) is 1. The Balaban J connectivity index is 0.00000484. The van der Waals surface area contributed by atoms with Gasteiger partial charge in [0.05, 0.1) is 18.3 Å². The predicted octanol–water partition coefficient (Wildman–Crippen LogP) is 3.12. The van der Waals surface area contributed by atoms with E-state index in [1.165, 1.54) is 0 Å². The van der Waals surface area contributed by atoms with Crippen molar-refractivity contribution in [3.8, 4) is 0 Å². The number of rotatable bonds is 8. The topological polar surface area (TPSA) is 58.5 Å². The number of nitrogens with one attached hydrogen (secondary N) is 2. The molecule has 0 aliphatic carbocycles. The molecule has 1 unspecified atom stereocenters. The summed E-state index contributed by atoms with van der Waals surface area (Å²) in [5.74, 6) is 1.32. The fraction of sp³-hybridized carbons (Fsp3) is 0.647. The standard InChI is InChI=1S/C17H30N4O.HI/c1-6-22-16(13(2)3)10-11-19-17(18-5)20-12-15-9-7-8-14(4)21-15;/h7-9,13,16H,6,10-12H2,1-5H3,(H2,18,19,20);1H. The summed E-state index contributed by atoms with van der Waals surface area (Å²) in [6.07, 6.45) is 1.25. The second-order valence-electron chi connectivity index (χ2n) is 5.65. The summed E-state index contributed by atoms with van der Waals surface area (Å²) < 4.78 is 5.75. The molecule has 5 nitrogen and oxygen atoms in total. The zero-order valence-corrected chi connectivity index (χ0v) is 17.3. The van der Waals surface area contributed by atoms with Crippen molar-refractivity contribution in [1.29, 1.82) is 0 Å². The third kappa shape index (κ3) is 9.10. The molecule has 23 heavy (non-hydrogen) atoms. The van der Waals surface area contributed by atoms with Gasteiger partial charge in [-0.3, -0.25) is 9.98 Å². The number of aliphatic imine (C=N–C) groups is 1. The number of guanidine groups is 1. The Morgan fingerprint density at radius 1 is 1.30 bits per heavy atom. The van der Waals surface area contributed by atoms with E-state index in [4.69, 9.17) is 4.74 Å². The summed E-state index contributed by atoms with van der Waals surface area (Å²) in [4.78, 5) is 8.71. The van der Waals surface area contributed by atoms with E-state index in [0.29, 0.717) is 12.5 Å². The summed E-state index contributed by atoms with van der Waals surface area (Å²) >= 11 is 0. The van der Waals surface area contributed by atoms with Crippen LogP contribution in [0.2, 0.25) is 0 Å². The van der Waals surface area contributed by atoms with Gasteiger partial charge in [-0.05, 0) is 38.3 Å². The summed E-state index contributed by atoms with van der Waals surface area (Å²) in [7, 11) is 1.78. The van der Waals surface area contributed by atoms with Crippen LogP contribution in [0, 0.1) is 12.8 Å². The first-order valence-corrected chi connectivity index (χ1v) is 8.05. The number of hydrogen-bond acceptors (Lipinski definition) is 3. The molecule has 0 bridgehead atoms. The third-order valence-corrected chi connectivity index (χ3v) is 3.45. The molecule has 0 fully saturated rings. The minimum absolute atomic E-state index is 0. The molecule has 1 heterocycles. The van der Waals surface area contributed by atoms with Crippen molar-refractivity contribution in [1.82, 2.24) is 15.6 Å². The molecule has 0 aliphatic rings. The van der Waals surface area contributed by atoms with E-state index in [2.05, 4.69) is 34.5 Å². The average molecular weight is 434 g/mol. The maximum absolute atomic E-state index is 5.75. The highest BCUT2D eigenvalue weighted by Gasteiger charge is 2.12. The molecule has 0 aromatic carbocycles. The predicted molar refractivity (Wildman–Crippen MR) is 107 cm³/mol. The van der Waals surface area contributed by atoms with Crippen LogP contribution in [0.1, 0.15) is 38.6 Å². The highest BCUT2D eigenvalue weighted by atomic mass is 127. The molecule has 1 aromatic heterocycles. The van der Waals surface area contributed by atoms with Gasteiger partial charge < -0.3 is 15.4 Å². The van der Waals surface area contributed by atoms with Gasteiger partial charge in [0.25, 0.3) is 0 Å². The lowest BCUT2D eigenvalue weighted by molar-refractivity contribution is 0.0258. The van der Waals surface area contributed by atoms with Crippen LogP contribution in [0.4, 0.5) is 0 Å². The fourth-order valence-electron chi connectivity index (χ4n) is 2.25. The Morgan fingerprint density at radius 3 is 2.61 bits per heavy atom. The molecule has 0 radical (unpaired) electrons. The second kappa shape index (κ2) is 12.5. The van der Waals surface area contributed by atoms with Crippen LogP contribution >= 0.6 is 24.0 Å². The molecule has 1 atom stereocenters. The maximum Gasteiger partial charge on any atom is 0.191 e. The SMILES string of the molecule is CCOC(CCNC(=NC)NCc1cccc(C)n1)C(C)C.I. The monoisotopic (exact) mass is 434 g/mol. The smallest absolute Gasteiger partial charge is 0.191 e. The number of aromatic nitrogens is 1. The highest BCUT2D eigenvalue weighted by Crippen LogP contribution is 2.09. The molecule has 0 saturated carbocycles. The van der Waals surface area contributed by atoms with Crippen LogP contribution in [-0.2, 0) is 11.3 Å². The van der Waals surface area contributed by atoms with E-state index in [-0.39, 0.29) is 30.1 Å². The summed E-state index contributed by atoms with van der Waals surface area (Å²) in [6.45, 7) is 10.7. The quantitative estimate of drug-likeness (QED) is 0.375. The zero-order chi connectivity index (χ0) is 16.4. The minimum Gasteiger partial charge on any atom is -0.378 e. The van der Waals surface area contributed by atoms with Gasteiger partial charge in [0.15, 0.2) is 5.96 Å². The summed E-state index contributed by atoms with van der Waals surface area (Å²) in [5, 5.41) is 6.61. The third-order valence-electron chi connectivity index (χ3n) is 3.45. The van der Waals surface area contributed by atoms with E-state index < -0.39 is 0 Å². The van der Waals surface area contributed by atoms with Crippen molar-refractivity contribution >= 4 is 29.9 Å². The Morgan fingerprint density at radius 2 is 2.04 bits per heavy atom. The molecule has 6 heteroatoms. The number of aryl methyl sites for hydroxylation is 1. The van der Waals surface area contributed by atoms with Gasteiger partial charge in [-0.2, -0.15) is 0 Å². The van der Waals surface area contributed by atoms with Crippen molar-refractivity contribution in [2.75, 3.05) is 20.2 Å². The summed E-state index contributed by atoms with van der Waals surface area (Å²) in [5.41, 5.74) is 2.04. The van der Waals surface area contributed by atoms with Crippen molar-refractivity contribution in [3.05, 3.63) is 29.6 Å². The largest absolute Gasteiger partial charge is 0.378 e. The Hall–Kier alpha value is -0.890. The first-order chi connectivity index (χ1) is 10.6. The van der Waals surface area contributed by atoms with Crippen LogP contribution < -0.4 is 10.6 Å². The second-order valence-corrected chi connectivity index (χ2v) is 5.65. The number of nitrogens with zero attached hydrogens (tertiary/aromatic N) is 2. The molecule has 0 spiro atoms. The van der Waals surface area contributed by atoms with Crippen molar-refractivity contribution in [2.45, 2.75) is 46.8 Å². The van der Waals surface area contributed by atoms with Crippen LogP contribution in [0.5, 0.6) is 0 Å². The normalized spacial score (nSPS) is 12.7. The average Bonchev–Trinajstić information content (AvgIpc) is 2.49. The van der Waals surface area contributed by atoms with Gasteiger partial charge in [0.1, 0.15) is 0 Å². The summed E-state index contributed by atoms with van der Waals surface area (Å²) in [6, 6.07) is 6.03. The molecule has 0 saturated heterocycles. The van der Waals surface area contributed by atoms with Crippen molar-refractivity contribution in [3.63, 3.8) is 0 Å². The molecule has 1 rings (SSSR count). The van der Waals surface area contributed by atoms with Crippen LogP contribution in [0.25, 0.3) is 0 Å². The Labute approximate surface area is 157 Å². The molecule has 0 amide bonds. The number of hydrogen-bond donors (Lipinski definition) is 2. The first-order valence-electron chi connectivity index (χ1n) is 8.05. The molecule has 132 valence electrons. The fourth-order valence-corrected chi connectivity index (χ4v) is 2.25. The molecule has 0 aliphatic heterocycles. The van der Waals surface area contributed by atoms with E-state index in [1.54, 1.807) is 7.05 Å². The van der Waals surface area contributed by atoms with E-state index in [1.807, 2.05) is 32.0 Å². The lowest BCUT2D eigenvalue weighted by Gasteiger charge is -2.21. The van der Waals surface area contributed by atoms with Crippen LogP contribution in [0.3, 0.4) is 0 Å². The van der Waals surface area contributed by atoms with Crippen LogP contribution in [0.15, 0.2) is 23.2 Å². The first kappa shape index (κ1) is 22.1. The number of halogens is 1. The van der Waals surface area contributed by atoms with E-state index in [0.717, 1.165) is 36.9 Å². The minimum atomic E-state index is 0. The van der Waals surface area contributed by atoms with Gasteiger partial charge in [0.2, 0.25) is 0 Å². The molecular weight excluding hydrogens is 403 g/mol. The molecule has 2 N–H and O–H groups in total. The van der Waals surface area contributed by atoms with Gasteiger partial charge >= 0.3 is 0 Å². The lowest BCUT2D eigenvalue weighted by Crippen LogP contribution is -2.39. The van der Waals surface area contributed by atoms with Gasteiger partial charge in [-0.25, -0.2) is 0 Å². The number of pyridine rings is 1. The Bertz CT molecular complexity index is 466. The van der Waals surface area contributed by atoms with Crippen molar-refractivity contribution < 1.29 is 4.74 Å². The highest BCUT2D eigenvalue weighted by molar-refractivity contribution is 14.0. The molecular formula is C17H31IN4O. The molecule has 1 aromatic rings. The van der Waals surface area contributed by atoms with Crippen LogP contribution in [-0.4, -0.2) is 37.2 Å². The van der Waals surface area contributed by atoms with Gasteiger partial charge in [-0.1, -0.05) is 19.9 Å². The maximum atomic E-state index is 5.75. The lowest BCUT2D eigenvalue weighted by atomic mass is 10.0. The zero-order valence-electron chi connectivity index (χ0n) is 14.9. The van der Waals surface area contributed by atoms with Gasteiger partial charge in [-0.15, -0.1) is 24.0 Å². The van der Waals surface area contributed by atoms with E-state index >= 15 is 0 Å². The Kier molecular flexibility index (Phi) is 12.0.